The zero-order chi connectivity index (χ0) is 11.9. The number of hydrogen-bond donors (Lipinski definition) is 1. The number of halogens is 1. The summed E-state index contributed by atoms with van der Waals surface area (Å²) in [5, 5.41) is 8.07. The molecule has 1 fully saturated rings. The molecular weight excluding hydrogens is 254 g/mol. The van der Waals surface area contributed by atoms with E-state index >= 15 is 0 Å². The van der Waals surface area contributed by atoms with Gasteiger partial charge in [-0.3, -0.25) is 4.68 Å². The minimum atomic E-state index is -0.351. The van der Waals surface area contributed by atoms with Crippen LogP contribution in [0.5, 0.6) is 0 Å². The predicted molar refractivity (Wildman–Crippen MR) is 67.3 cm³/mol. The van der Waals surface area contributed by atoms with Gasteiger partial charge >= 0.3 is 0 Å². The van der Waals surface area contributed by atoms with Gasteiger partial charge in [-0.2, -0.15) is 10.1 Å². The van der Waals surface area contributed by atoms with Gasteiger partial charge in [-0.05, 0) is 24.8 Å². The Bertz CT molecular complexity index is 531. The molecule has 0 atom stereocenters. The summed E-state index contributed by atoms with van der Waals surface area (Å²) in [6.07, 6.45) is 7.37. The zero-order valence-corrected chi connectivity index (χ0v) is 11.0. The second-order valence-corrected chi connectivity index (χ2v) is 4.72. The molecule has 7 heteroatoms. The van der Waals surface area contributed by atoms with Gasteiger partial charge in [0, 0.05) is 13.2 Å². The lowest BCUT2D eigenvalue weighted by molar-refractivity contribution is 0.229. The number of nitrogens with two attached hydrogens (primary N) is 1. The summed E-state index contributed by atoms with van der Waals surface area (Å²) >= 11 is 0. The smallest absolute Gasteiger partial charge is 0.231 e. The van der Waals surface area contributed by atoms with Crippen LogP contribution >= 0.6 is 12.4 Å². The molecule has 0 radical (unpaired) electrons. The van der Waals surface area contributed by atoms with Gasteiger partial charge in [-0.1, -0.05) is 5.16 Å². The molecule has 18 heavy (non-hydrogen) atoms. The van der Waals surface area contributed by atoms with Crippen LogP contribution in [0.2, 0.25) is 0 Å². The maximum absolute atomic E-state index is 6.13. The monoisotopic (exact) mass is 269 g/mol. The summed E-state index contributed by atoms with van der Waals surface area (Å²) in [6.45, 7) is 0. The van der Waals surface area contributed by atoms with Gasteiger partial charge in [0.1, 0.15) is 0 Å². The van der Waals surface area contributed by atoms with Crippen molar-refractivity contribution in [1.82, 2.24) is 19.9 Å². The molecule has 3 rings (SSSR count). The fourth-order valence-electron chi connectivity index (χ4n) is 2.05. The molecule has 1 aliphatic rings. The molecule has 2 aromatic heterocycles. The number of nitrogens with zero attached hydrogens (tertiary/aromatic N) is 4. The molecule has 0 saturated heterocycles. The van der Waals surface area contributed by atoms with E-state index in [1.807, 2.05) is 13.2 Å². The second-order valence-electron chi connectivity index (χ2n) is 4.72. The van der Waals surface area contributed by atoms with E-state index in [0.29, 0.717) is 18.1 Å². The Labute approximate surface area is 111 Å². The molecule has 0 spiro atoms. The molecular formula is C11H16ClN5O. The van der Waals surface area contributed by atoms with Crippen LogP contribution < -0.4 is 5.73 Å². The van der Waals surface area contributed by atoms with Crippen LogP contribution in [0.1, 0.15) is 36.5 Å². The van der Waals surface area contributed by atoms with E-state index < -0.39 is 0 Å². The Morgan fingerprint density at radius 3 is 2.83 bits per heavy atom. The highest BCUT2D eigenvalue weighted by molar-refractivity contribution is 5.85. The number of aromatic nitrogens is 4. The van der Waals surface area contributed by atoms with Crippen LogP contribution in [0, 0.1) is 0 Å². The van der Waals surface area contributed by atoms with Crippen molar-refractivity contribution in [2.24, 2.45) is 12.8 Å². The van der Waals surface area contributed by atoms with E-state index in [9.17, 15) is 0 Å². The van der Waals surface area contributed by atoms with Crippen molar-refractivity contribution in [1.29, 1.82) is 0 Å². The molecule has 6 nitrogen and oxygen atoms in total. The highest BCUT2D eigenvalue weighted by Crippen LogP contribution is 2.36. The minimum absolute atomic E-state index is 0. The number of hydrogen-bond acceptors (Lipinski definition) is 5. The number of aryl methyl sites for hydroxylation is 1. The summed E-state index contributed by atoms with van der Waals surface area (Å²) < 4.78 is 6.97. The molecule has 0 bridgehead atoms. The Kier molecular flexibility index (Phi) is 3.41. The molecule has 0 amide bonds. The third kappa shape index (κ3) is 2.26. The van der Waals surface area contributed by atoms with E-state index in [1.54, 1.807) is 10.9 Å². The molecule has 0 aliphatic heterocycles. The Morgan fingerprint density at radius 2 is 2.28 bits per heavy atom. The van der Waals surface area contributed by atoms with Crippen molar-refractivity contribution in [3.8, 4) is 0 Å². The predicted octanol–water partition coefficient (Wildman–Crippen LogP) is 1.15. The molecule has 1 aliphatic carbocycles. The topological polar surface area (TPSA) is 82.8 Å². The lowest BCUT2D eigenvalue weighted by Crippen LogP contribution is -2.44. The van der Waals surface area contributed by atoms with E-state index in [0.717, 1.165) is 24.8 Å². The Morgan fingerprint density at radius 1 is 1.50 bits per heavy atom. The Hall–Kier alpha value is -1.40. The third-order valence-electron chi connectivity index (χ3n) is 3.27. The van der Waals surface area contributed by atoms with Crippen LogP contribution in [-0.4, -0.2) is 19.9 Å². The van der Waals surface area contributed by atoms with Crippen molar-refractivity contribution >= 4 is 12.4 Å². The Balaban J connectivity index is 0.00000120. The standard InChI is InChI=1S/C11H15N5O.ClH/c1-16-7-8(6-13-16)5-9-14-10(15-17-9)11(12)3-2-4-11;/h6-7H,2-5,12H2,1H3;1H. The van der Waals surface area contributed by atoms with Crippen molar-refractivity contribution < 1.29 is 4.52 Å². The van der Waals surface area contributed by atoms with Crippen molar-refractivity contribution in [3.05, 3.63) is 29.7 Å². The van der Waals surface area contributed by atoms with Crippen molar-refractivity contribution in [2.45, 2.75) is 31.2 Å². The summed E-state index contributed by atoms with van der Waals surface area (Å²) in [4.78, 5) is 4.37. The third-order valence-corrected chi connectivity index (χ3v) is 3.27. The fourth-order valence-corrected chi connectivity index (χ4v) is 2.05. The van der Waals surface area contributed by atoms with Gasteiger partial charge < -0.3 is 10.3 Å². The maximum atomic E-state index is 6.13. The van der Waals surface area contributed by atoms with Crippen molar-refractivity contribution in [3.63, 3.8) is 0 Å². The highest BCUT2D eigenvalue weighted by Gasteiger charge is 2.38. The zero-order valence-electron chi connectivity index (χ0n) is 10.2. The van der Waals surface area contributed by atoms with Crippen LogP contribution in [0.25, 0.3) is 0 Å². The second kappa shape index (κ2) is 4.70. The maximum Gasteiger partial charge on any atom is 0.231 e. The first kappa shape index (κ1) is 13.0. The summed E-state index contributed by atoms with van der Waals surface area (Å²) in [6, 6.07) is 0. The molecule has 98 valence electrons. The van der Waals surface area contributed by atoms with E-state index in [-0.39, 0.29) is 17.9 Å². The van der Waals surface area contributed by atoms with Gasteiger partial charge in [0.15, 0.2) is 5.82 Å². The average Bonchev–Trinajstić information content (AvgIpc) is 2.85. The van der Waals surface area contributed by atoms with E-state index in [2.05, 4.69) is 15.2 Å². The first-order valence-electron chi connectivity index (χ1n) is 5.75. The molecule has 1 saturated carbocycles. The normalized spacial score (nSPS) is 17.0. The molecule has 0 unspecified atom stereocenters. The molecule has 2 aromatic rings. The van der Waals surface area contributed by atoms with Gasteiger partial charge in [-0.25, -0.2) is 0 Å². The quantitative estimate of drug-likeness (QED) is 0.904. The minimum Gasteiger partial charge on any atom is -0.339 e. The van der Waals surface area contributed by atoms with Gasteiger partial charge in [0.25, 0.3) is 0 Å². The van der Waals surface area contributed by atoms with Crippen LogP contribution in [0.4, 0.5) is 0 Å². The van der Waals surface area contributed by atoms with Gasteiger partial charge in [0.2, 0.25) is 5.89 Å². The van der Waals surface area contributed by atoms with Crippen LogP contribution in [0.3, 0.4) is 0 Å². The van der Waals surface area contributed by atoms with Crippen LogP contribution in [-0.2, 0) is 19.0 Å². The van der Waals surface area contributed by atoms with E-state index in [1.165, 1.54) is 0 Å². The summed E-state index contributed by atoms with van der Waals surface area (Å²) in [5.41, 5.74) is 6.84. The first-order chi connectivity index (χ1) is 8.16. The fraction of sp³-hybridized carbons (Fsp3) is 0.545. The van der Waals surface area contributed by atoms with Crippen LogP contribution in [0.15, 0.2) is 16.9 Å². The highest BCUT2D eigenvalue weighted by atomic mass is 35.5. The summed E-state index contributed by atoms with van der Waals surface area (Å²) in [5.74, 6) is 1.24. The largest absolute Gasteiger partial charge is 0.339 e. The molecule has 0 aromatic carbocycles. The average molecular weight is 270 g/mol. The van der Waals surface area contributed by atoms with Gasteiger partial charge in [-0.15, -0.1) is 12.4 Å². The van der Waals surface area contributed by atoms with E-state index in [4.69, 9.17) is 10.3 Å². The van der Waals surface area contributed by atoms with Crippen molar-refractivity contribution in [2.75, 3.05) is 0 Å². The van der Waals surface area contributed by atoms with Gasteiger partial charge in [0.05, 0.1) is 18.2 Å². The molecule has 2 N–H and O–H groups in total. The SMILES string of the molecule is Cl.Cn1cc(Cc2nc(C3(N)CCC3)no2)cn1. The number of rotatable bonds is 3. The lowest BCUT2D eigenvalue weighted by Gasteiger charge is -2.34. The summed E-state index contributed by atoms with van der Waals surface area (Å²) in [7, 11) is 1.88. The first-order valence-corrected chi connectivity index (χ1v) is 5.75. The lowest BCUT2D eigenvalue weighted by atomic mass is 9.77. The molecule has 2 heterocycles.